The molecule has 4 aromatic rings. The molecule has 28 heavy (non-hydrogen) atoms. The van der Waals surface area contributed by atoms with Crippen molar-refractivity contribution < 1.29 is 47.8 Å². The van der Waals surface area contributed by atoms with Crippen LogP contribution in [0.3, 0.4) is 0 Å². The molecule has 0 radical (unpaired) electrons. The van der Waals surface area contributed by atoms with Crippen molar-refractivity contribution in [1.82, 2.24) is 0 Å². The van der Waals surface area contributed by atoms with Crippen molar-refractivity contribution in [2.75, 3.05) is 0 Å². The fourth-order valence-corrected chi connectivity index (χ4v) is 2.84. The molecular weight excluding hydrogens is 566 g/mol. The third-order valence-electron chi connectivity index (χ3n) is 4.17. The summed E-state index contributed by atoms with van der Waals surface area (Å²) < 4.78 is 0. The second-order valence-electron chi connectivity index (χ2n) is 6.69. The topological polar surface area (TPSA) is 0 Å². The molecule has 0 aliphatic rings. The number of aryl methyl sites for hydroxylation is 2. The molecule has 0 heterocycles. The van der Waals surface area contributed by atoms with Gasteiger partial charge in [-0.3, -0.25) is 0 Å². The predicted molar refractivity (Wildman–Crippen MR) is 115 cm³/mol. The predicted octanol–water partition coefficient (Wildman–Crippen LogP) is 1.03. The zero-order chi connectivity index (χ0) is 18.9. The number of benzene rings is 2. The first-order chi connectivity index (χ1) is 12.5. The van der Waals surface area contributed by atoms with Crippen LogP contribution in [0.2, 0.25) is 13.1 Å². The van der Waals surface area contributed by atoms with Crippen molar-refractivity contribution >= 4 is 27.0 Å². The van der Waals surface area contributed by atoms with Crippen molar-refractivity contribution in [3.8, 4) is 0 Å². The number of hydrogen-bond acceptors (Lipinski definition) is 0. The summed E-state index contributed by atoms with van der Waals surface area (Å²) in [6, 6.07) is 26.0. The average Bonchev–Trinajstić information content (AvgIpc) is 3.24. The molecule has 0 nitrogen and oxygen atoms in total. The smallest absolute Gasteiger partial charge is 1.00 e. The third-order valence-corrected chi connectivity index (χ3v) is 4.17. The maximum absolute atomic E-state index is 2.33. The normalized spacial score (nSPS) is 9.36. The van der Waals surface area contributed by atoms with Crippen LogP contribution in [0.1, 0.15) is 25.0 Å². The third kappa shape index (κ3) is 8.78. The molecule has 0 fully saturated rings. The number of halogens is 2. The first-order valence-corrected chi connectivity index (χ1v) is 17.2. The molecule has 148 valence electrons. The van der Waals surface area contributed by atoms with E-state index in [9.17, 15) is 0 Å². The van der Waals surface area contributed by atoms with Crippen molar-refractivity contribution in [2.45, 2.75) is 39.8 Å². The van der Waals surface area contributed by atoms with E-state index in [0.29, 0.717) is 0 Å². The second-order valence-corrected chi connectivity index (χ2v) is 19.5. The van der Waals surface area contributed by atoms with Crippen LogP contribution < -0.4 is 24.8 Å². The van der Waals surface area contributed by atoms with Crippen LogP contribution in [0.25, 0.3) is 21.5 Å². The minimum absolute atomic E-state index is 0. The van der Waals surface area contributed by atoms with Crippen LogP contribution in [0.15, 0.2) is 72.8 Å². The van der Waals surface area contributed by atoms with Gasteiger partial charge in [-0.05, 0) is 12.8 Å². The maximum Gasteiger partial charge on any atom is -1.00 e. The van der Waals surface area contributed by atoms with Gasteiger partial charge in [-0.25, -0.2) is 0 Å². The van der Waals surface area contributed by atoms with Crippen molar-refractivity contribution in [3.63, 3.8) is 0 Å². The van der Waals surface area contributed by atoms with Gasteiger partial charge >= 0.3 is 41.6 Å². The molecule has 0 aliphatic heterocycles. The summed E-state index contributed by atoms with van der Waals surface area (Å²) in [6.45, 7) is 9.04. The summed E-state index contributed by atoms with van der Waals surface area (Å²) >= 11 is 1.45. The molecule has 4 aromatic carbocycles. The monoisotopic (exact) mass is 594 g/mol. The quantitative estimate of drug-likeness (QED) is 0.241. The molecular formula is C24H28Cl2HfSi-2. The minimum atomic E-state index is 0. The second kappa shape index (κ2) is 14.3. The summed E-state index contributed by atoms with van der Waals surface area (Å²) in [5, 5.41) is 5.46. The standard InChI is InChI=1S/2C11H11.C2H6Si.2ClH.Hf/c2*1-2-9-7-10-5-3-4-6-11(10)8-9;1-3-2;;;/h2*3-8H,2H2,1H3;1-2H3;2*1H;/q2*-1;;;;+2/p-2. The number of hydrogen-bond donors (Lipinski definition) is 0. The Bertz CT molecular complexity index is 825. The van der Waals surface area contributed by atoms with Crippen LogP contribution in [0, 0.1) is 0 Å². The summed E-state index contributed by atoms with van der Waals surface area (Å²) in [7, 11) is 0. The largest absolute Gasteiger partial charge is 1.00 e. The van der Waals surface area contributed by atoms with E-state index in [1.807, 2.05) is 0 Å². The van der Waals surface area contributed by atoms with E-state index in [2.05, 4.69) is 99.7 Å². The molecule has 0 amide bonds. The van der Waals surface area contributed by atoms with Gasteiger partial charge in [-0.1, -0.05) is 26.0 Å². The van der Waals surface area contributed by atoms with Gasteiger partial charge in [-0.2, -0.15) is 12.1 Å². The molecule has 0 unspecified atom stereocenters. The van der Waals surface area contributed by atoms with Crippen molar-refractivity contribution in [3.05, 3.63) is 83.9 Å². The molecule has 0 aliphatic carbocycles. The number of rotatable bonds is 2. The maximum atomic E-state index is 2.33. The van der Waals surface area contributed by atoms with Gasteiger partial charge in [0.1, 0.15) is 0 Å². The van der Waals surface area contributed by atoms with Gasteiger partial charge in [0, 0.05) is 0 Å². The Morgan fingerprint density at radius 2 is 1.04 bits per heavy atom. The summed E-state index contributed by atoms with van der Waals surface area (Å²) in [5.74, 6) is 0. The van der Waals surface area contributed by atoms with Gasteiger partial charge in [0.25, 0.3) is 0 Å². The molecule has 0 bridgehead atoms. The van der Waals surface area contributed by atoms with Gasteiger partial charge in [0.05, 0.1) is 0 Å². The molecule has 0 aromatic heterocycles. The molecule has 0 spiro atoms. The fourth-order valence-electron chi connectivity index (χ4n) is 2.84. The zero-order valence-corrected chi connectivity index (χ0v) is 23.2. The summed E-state index contributed by atoms with van der Waals surface area (Å²) in [4.78, 5) is 0. The van der Waals surface area contributed by atoms with Crippen LogP contribution in [0.5, 0.6) is 0 Å². The van der Waals surface area contributed by atoms with Crippen LogP contribution in [0.4, 0.5) is 0 Å². The van der Waals surface area contributed by atoms with E-state index >= 15 is 0 Å². The Hall–Kier alpha value is -0.673. The Morgan fingerprint density at radius 1 is 0.714 bits per heavy atom. The van der Waals surface area contributed by atoms with E-state index < -0.39 is 0 Å². The average molecular weight is 594 g/mol. The first kappa shape index (κ1) is 27.3. The Morgan fingerprint density at radius 3 is 1.32 bits per heavy atom. The molecule has 0 saturated heterocycles. The van der Waals surface area contributed by atoms with E-state index in [4.69, 9.17) is 0 Å². The van der Waals surface area contributed by atoms with Crippen molar-refractivity contribution in [1.29, 1.82) is 0 Å². The van der Waals surface area contributed by atoms with E-state index in [0.717, 1.165) is 12.8 Å². The molecule has 4 heteroatoms. The SMILES string of the molecule is CCc1cc2ccccc2[cH-]1.CCc1cc2ccccc2[cH-]1.C[Si](C)=[Hf+2].[Cl-].[Cl-]. The Labute approximate surface area is 197 Å². The summed E-state index contributed by atoms with van der Waals surface area (Å²) in [5.41, 5.74) is 3.13. The zero-order valence-electron chi connectivity index (χ0n) is 17.1. The van der Waals surface area contributed by atoms with Crippen LogP contribution in [-0.4, -0.2) is 5.49 Å². The Kier molecular flexibility index (Phi) is 14.0. The van der Waals surface area contributed by atoms with Crippen molar-refractivity contribution in [2.24, 2.45) is 0 Å². The van der Waals surface area contributed by atoms with Crippen LogP contribution >= 0.6 is 0 Å². The molecule has 0 saturated carbocycles. The van der Waals surface area contributed by atoms with Gasteiger partial charge in [0.15, 0.2) is 0 Å². The fraction of sp³-hybridized carbons (Fsp3) is 0.250. The van der Waals surface area contributed by atoms with Gasteiger partial charge in [0.2, 0.25) is 0 Å². The van der Waals surface area contributed by atoms with Gasteiger partial charge < -0.3 is 24.8 Å². The Balaban J connectivity index is 0.000000415. The molecule has 0 N–H and O–H groups in total. The molecule has 0 atom stereocenters. The molecule has 4 rings (SSSR count). The van der Waals surface area contributed by atoms with Crippen LogP contribution in [-0.2, 0) is 35.8 Å². The van der Waals surface area contributed by atoms with E-state index in [-0.39, 0.29) is 30.3 Å². The van der Waals surface area contributed by atoms with E-state index in [1.165, 1.54) is 55.7 Å². The first-order valence-electron chi connectivity index (χ1n) is 9.34. The van der Waals surface area contributed by atoms with E-state index in [1.54, 1.807) is 0 Å². The summed E-state index contributed by atoms with van der Waals surface area (Å²) in [6.07, 6.45) is 2.27. The minimum Gasteiger partial charge on any atom is -1.00 e. The number of fused-ring (bicyclic) bond motifs is 2. The van der Waals surface area contributed by atoms with Gasteiger partial charge in [-0.15, -0.1) is 81.2 Å².